The molecule has 0 N–H and O–H groups in total. The summed E-state index contributed by atoms with van der Waals surface area (Å²) in [6.07, 6.45) is 2.11. The van der Waals surface area contributed by atoms with E-state index in [-0.39, 0.29) is 0 Å². The third-order valence-corrected chi connectivity index (χ3v) is 1.49. The Morgan fingerprint density at radius 3 is 2.25 bits per heavy atom. The van der Waals surface area contributed by atoms with Crippen LogP contribution in [0.2, 0.25) is 0 Å². The van der Waals surface area contributed by atoms with Gasteiger partial charge in [0.05, 0.1) is 0 Å². The molecular formula is C7H15N. The van der Waals surface area contributed by atoms with Crippen molar-refractivity contribution in [2.24, 2.45) is 0 Å². The van der Waals surface area contributed by atoms with Crippen molar-refractivity contribution >= 4 is 0 Å². The van der Waals surface area contributed by atoms with Gasteiger partial charge in [0.25, 0.3) is 0 Å². The molecule has 0 spiro atoms. The van der Waals surface area contributed by atoms with E-state index in [4.69, 9.17) is 0 Å². The van der Waals surface area contributed by atoms with Gasteiger partial charge in [0.2, 0.25) is 0 Å². The predicted octanol–water partition coefficient (Wildman–Crippen LogP) is 1.86. The highest BCUT2D eigenvalue weighted by molar-refractivity contribution is 4.92. The van der Waals surface area contributed by atoms with Gasteiger partial charge in [0, 0.05) is 19.3 Å². The van der Waals surface area contributed by atoms with E-state index in [0.29, 0.717) is 0 Å². The Morgan fingerprint density at radius 1 is 1.62 bits per heavy atom. The quantitative estimate of drug-likeness (QED) is 0.528. The third-order valence-electron chi connectivity index (χ3n) is 1.49. The lowest BCUT2D eigenvalue weighted by molar-refractivity contribution is 0.442. The Bertz CT molecular complexity index is 84.4. The lowest BCUT2D eigenvalue weighted by atomic mass is 10.4. The Balaban J connectivity index is 3.63. The molecule has 8 heavy (non-hydrogen) atoms. The molecule has 0 aliphatic heterocycles. The van der Waals surface area contributed by atoms with Crippen LogP contribution in [0.4, 0.5) is 0 Å². The molecule has 0 aromatic carbocycles. The lowest BCUT2D eigenvalue weighted by Crippen LogP contribution is -2.14. The van der Waals surface area contributed by atoms with Crippen LogP contribution in [0, 0.1) is 0 Å². The summed E-state index contributed by atoms with van der Waals surface area (Å²) in [6.45, 7) is 7.41. The van der Waals surface area contributed by atoms with E-state index in [1.54, 1.807) is 0 Å². The third kappa shape index (κ3) is 2.01. The van der Waals surface area contributed by atoms with Gasteiger partial charge in [-0.3, -0.25) is 0 Å². The molecule has 0 unspecified atom stereocenters. The van der Waals surface area contributed by atoms with Crippen LogP contribution in [0.3, 0.4) is 0 Å². The molecular weight excluding hydrogens is 98.1 g/mol. The molecule has 0 rings (SSSR count). The van der Waals surface area contributed by atoms with Crippen molar-refractivity contribution in [1.82, 2.24) is 4.90 Å². The van der Waals surface area contributed by atoms with Crippen molar-refractivity contribution in [3.05, 3.63) is 11.8 Å². The fourth-order valence-electron chi connectivity index (χ4n) is 0.470. The van der Waals surface area contributed by atoms with Crippen molar-refractivity contribution in [2.75, 3.05) is 13.6 Å². The second-order valence-electron chi connectivity index (χ2n) is 1.94. The number of nitrogens with zero attached hydrogens (tertiary/aromatic N) is 1. The normalized spacial score (nSPS) is 11.8. The Labute approximate surface area is 52.0 Å². The zero-order valence-electron chi connectivity index (χ0n) is 6.23. The van der Waals surface area contributed by atoms with Crippen LogP contribution < -0.4 is 0 Å². The fourth-order valence-corrected chi connectivity index (χ4v) is 0.470. The van der Waals surface area contributed by atoms with Crippen LogP contribution in [0.25, 0.3) is 0 Å². The molecule has 0 amide bonds. The first kappa shape index (κ1) is 7.54. The summed E-state index contributed by atoms with van der Waals surface area (Å²) in [5, 5.41) is 0. The van der Waals surface area contributed by atoms with E-state index in [1.807, 2.05) is 0 Å². The highest BCUT2D eigenvalue weighted by atomic mass is 15.1. The maximum absolute atomic E-state index is 2.21. The van der Waals surface area contributed by atoms with E-state index in [0.717, 1.165) is 6.54 Å². The summed E-state index contributed by atoms with van der Waals surface area (Å²) in [7, 11) is 2.09. The van der Waals surface area contributed by atoms with Gasteiger partial charge in [-0.2, -0.15) is 0 Å². The minimum Gasteiger partial charge on any atom is -0.379 e. The summed E-state index contributed by atoms with van der Waals surface area (Å²) in [5.74, 6) is 0. The van der Waals surface area contributed by atoms with Crippen LogP contribution in [-0.2, 0) is 0 Å². The van der Waals surface area contributed by atoms with E-state index in [2.05, 4.69) is 38.8 Å². The highest BCUT2D eigenvalue weighted by Gasteiger charge is 1.89. The molecule has 0 radical (unpaired) electrons. The van der Waals surface area contributed by atoms with Crippen LogP contribution in [0.15, 0.2) is 11.8 Å². The Kier molecular flexibility index (Phi) is 3.33. The molecule has 0 fully saturated rings. The molecule has 48 valence electrons. The molecule has 1 heteroatoms. The average Bonchev–Trinajstić information content (AvgIpc) is 1.84. The smallest absolute Gasteiger partial charge is 0.0143 e. The first-order chi connectivity index (χ1) is 3.72. The summed E-state index contributed by atoms with van der Waals surface area (Å²) >= 11 is 0. The standard InChI is InChI=1S/C7H15N/c1-5-7(3)8(4)6-2/h5H,6H2,1-4H3/b7-5-. The van der Waals surface area contributed by atoms with Crippen LogP contribution in [0.1, 0.15) is 20.8 Å². The Morgan fingerprint density at radius 2 is 2.12 bits per heavy atom. The van der Waals surface area contributed by atoms with Crippen molar-refractivity contribution in [3.8, 4) is 0 Å². The summed E-state index contributed by atoms with van der Waals surface area (Å²) < 4.78 is 0. The fraction of sp³-hybridized carbons (Fsp3) is 0.714. The minimum atomic E-state index is 1.09. The van der Waals surface area contributed by atoms with Gasteiger partial charge < -0.3 is 4.90 Å². The molecule has 0 aliphatic carbocycles. The van der Waals surface area contributed by atoms with Gasteiger partial charge in [-0.25, -0.2) is 0 Å². The SMILES string of the molecule is C/C=C(/C)N(C)CC. The van der Waals surface area contributed by atoms with Crippen molar-refractivity contribution in [3.63, 3.8) is 0 Å². The zero-order valence-corrected chi connectivity index (χ0v) is 6.23. The summed E-state index contributed by atoms with van der Waals surface area (Å²) in [4.78, 5) is 2.21. The lowest BCUT2D eigenvalue weighted by Gasteiger charge is -2.15. The first-order valence-electron chi connectivity index (χ1n) is 3.06. The maximum atomic E-state index is 2.21. The monoisotopic (exact) mass is 113 g/mol. The van der Waals surface area contributed by atoms with E-state index < -0.39 is 0 Å². The first-order valence-corrected chi connectivity index (χ1v) is 3.06. The second-order valence-corrected chi connectivity index (χ2v) is 1.94. The van der Waals surface area contributed by atoms with Gasteiger partial charge in [-0.05, 0) is 20.8 Å². The van der Waals surface area contributed by atoms with Crippen molar-refractivity contribution in [2.45, 2.75) is 20.8 Å². The van der Waals surface area contributed by atoms with Gasteiger partial charge in [-0.1, -0.05) is 6.08 Å². The molecule has 0 saturated carbocycles. The molecule has 0 aromatic rings. The maximum Gasteiger partial charge on any atom is 0.0143 e. The van der Waals surface area contributed by atoms with Crippen LogP contribution in [-0.4, -0.2) is 18.5 Å². The molecule has 0 aromatic heterocycles. The van der Waals surface area contributed by atoms with Crippen molar-refractivity contribution in [1.29, 1.82) is 0 Å². The average molecular weight is 113 g/mol. The van der Waals surface area contributed by atoms with Crippen LogP contribution in [0.5, 0.6) is 0 Å². The summed E-state index contributed by atoms with van der Waals surface area (Å²) in [5.41, 5.74) is 1.34. The summed E-state index contributed by atoms with van der Waals surface area (Å²) in [6, 6.07) is 0. The second kappa shape index (κ2) is 3.53. The zero-order chi connectivity index (χ0) is 6.57. The largest absolute Gasteiger partial charge is 0.379 e. The van der Waals surface area contributed by atoms with Gasteiger partial charge >= 0.3 is 0 Å². The number of hydrogen-bond donors (Lipinski definition) is 0. The van der Waals surface area contributed by atoms with E-state index in [9.17, 15) is 0 Å². The van der Waals surface area contributed by atoms with Gasteiger partial charge in [0.1, 0.15) is 0 Å². The van der Waals surface area contributed by atoms with E-state index >= 15 is 0 Å². The van der Waals surface area contributed by atoms with E-state index in [1.165, 1.54) is 5.70 Å². The number of hydrogen-bond acceptors (Lipinski definition) is 1. The van der Waals surface area contributed by atoms with Gasteiger partial charge in [0.15, 0.2) is 0 Å². The molecule has 0 atom stereocenters. The van der Waals surface area contributed by atoms with Crippen molar-refractivity contribution < 1.29 is 0 Å². The molecule has 0 heterocycles. The topological polar surface area (TPSA) is 3.24 Å². The highest BCUT2D eigenvalue weighted by Crippen LogP contribution is 1.96. The predicted molar refractivity (Wildman–Crippen MR) is 37.7 cm³/mol. The molecule has 0 saturated heterocycles. The molecule has 1 nitrogen and oxygen atoms in total. The molecule has 0 bridgehead atoms. The van der Waals surface area contributed by atoms with Crippen LogP contribution >= 0.6 is 0 Å². The molecule has 0 aliphatic rings. The number of allylic oxidation sites excluding steroid dienone is 2. The van der Waals surface area contributed by atoms with Gasteiger partial charge in [-0.15, -0.1) is 0 Å². The Hall–Kier alpha value is -0.460. The minimum absolute atomic E-state index is 1.09. The number of rotatable bonds is 2.